The summed E-state index contributed by atoms with van der Waals surface area (Å²) in [6.45, 7) is 6.88. The summed E-state index contributed by atoms with van der Waals surface area (Å²) < 4.78 is 25.4. The largest absolute Gasteiger partial charge is 0.264 e. The van der Waals surface area contributed by atoms with Crippen LogP contribution < -0.4 is 0 Å². The molecule has 0 heterocycles. The van der Waals surface area contributed by atoms with Gasteiger partial charge in [0.15, 0.2) is 9.84 Å². The van der Waals surface area contributed by atoms with Crippen LogP contribution in [-0.4, -0.2) is 24.1 Å². The van der Waals surface area contributed by atoms with Crippen molar-refractivity contribution in [2.75, 3.05) is 0 Å². The van der Waals surface area contributed by atoms with Gasteiger partial charge in [0.1, 0.15) is 0 Å². The van der Waals surface area contributed by atoms with Gasteiger partial charge in [-0.1, -0.05) is 37.3 Å². The second kappa shape index (κ2) is 4.70. The van der Waals surface area contributed by atoms with E-state index in [1.165, 1.54) is 19.1 Å². The zero-order valence-electron chi connectivity index (χ0n) is 11.4. The first kappa shape index (κ1) is 14.7. The summed E-state index contributed by atoms with van der Waals surface area (Å²) in [5.74, 6) is -0.616. The lowest BCUT2D eigenvalue weighted by atomic mass is 9.91. The second-order valence-corrected chi connectivity index (χ2v) is 7.59. The Bertz CT molecular complexity index is 653. The molecule has 1 aromatic rings. The molecule has 2 rings (SSSR count). The summed E-state index contributed by atoms with van der Waals surface area (Å²) in [6, 6.07) is 8.03. The van der Waals surface area contributed by atoms with Crippen LogP contribution in [0.1, 0.15) is 20.3 Å². The second-order valence-electron chi connectivity index (χ2n) is 5.52. The van der Waals surface area contributed by atoms with E-state index < -0.39 is 26.5 Å². The van der Waals surface area contributed by atoms with Gasteiger partial charge in [-0.2, -0.15) is 0 Å². The first-order valence-corrected chi connectivity index (χ1v) is 7.87. The number of benzene rings is 1. The molecule has 0 unspecified atom stereocenters. The molecule has 1 saturated carbocycles. The van der Waals surface area contributed by atoms with Gasteiger partial charge >= 0.3 is 0 Å². The average molecular weight is 295 g/mol. The summed E-state index contributed by atoms with van der Waals surface area (Å²) in [4.78, 5) is 11.1. The van der Waals surface area contributed by atoms with Gasteiger partial charge in [0.05, 0.1) is 10.1 Å². The Hall–Kier alpha value is -1.69. The zero-order chi connectivity index (χ0) is 15.1. The summed E-state index contributed by atoms with van der Waals surface area (Å²) in [7, 11) is -3.65. The Kier molecular flexibility index (Phi) is 3.46. The highest BCUT2D eigenvalue weighted by molar-refractivity contribution is 7.92. The van der Waals surface area contributed by atoms with Crippen molar-refractivity contribution in [1.29, 1.82) is 0 Å². The first-order chi connectivity index (χ1) is 9.21. The molecule has 0 aliphatic heterocycles. The minimum absolute atomic E-state index is 0.0951. The Morgan fingerprint density at radius 1 is 1.35 bits per heavy atom. The van der Waals surface area contributed by atoms with Crippen molar-refractivity contribution < 1.29 is 13.3 Å². The topological polar surface area (TPSA) is 77.3 Å². The van der Waals surface area contributed by atoms with Gasteiger partial charge in [-0.05, 0) is 12.1 Å². The maximum Gasteiger partial charge on any atom is 0.227 e. The predicted molar refractivity (Wildman–Crippen MR) is 75.7 cm³/mol. The van der Waals surface area contributed by atoms with E-state index in [1.807, 2.05) is 0 Å². The quantitative estimate of drug-likeness (QED) is 0.487. The maximum atomic E-state index is 12.7. The van der Waals surface area contributed by atoms with Gasteiger partial charge in [0.25, 0.3) is 0 Å². The molecule has 1 aromatic carbocycles. The highest BCUT2D eigenvalue weighted by atomic mass is 32.2. The van der Waals surface area contributed by atoms with Crippen LogP contribution in [0.5, 0.6) is 0 Å². The van der Waals surface area contributed by atoms with Crippen molar-refractivity contribution in [1.82, 2.24) is 0 Å². The lowest BCUT2D eigenvalue weighted by Crippen LogP contribution is -2.41. The summed E-state index contributed by atoms with van der Waals surface area (Å²) >= 11 is 0. The molecule has 3 atom stereocenters. The Morgan fingerprint density at radius 3 is 2.35 bits per heavy atom. The molecule has 0 saturated heterocycles. The normalized spacial score (nSPS) is 30.4. The van der Waals surface area contributed by atoms with Crippen molar-refractivity contribution in [2.45, 2.75) is 36.0 Å². The Morgan fingerprint density at radius 2 is 1.90 bits per heavy atom. The molecule has 0 spiro atoms. The van der Waals surface area contributed by atoms with Gasteiger partial charge in [0.2, 0.25) is 5.54 Å². The van der Waals surface area contributed by atoms with E-state index in [9.17, 15) is 18.5 Å². The third kappa shape index (κ3) is 2.04. The van der Waals surface area contributed by atoms with E-state index in [4.69, 9.17) is 0 Å². The smallest absolute Gasteiger partial charge is 0.227 e. The van der Waals surface area contributed by atoms with Crippen LogP contribution >= 0.6 is 0 Å². The highest BCUT2D eigenvalue weighted by Gasteiger charge is 2.58. The van der Waals surface area contributed by atoms with Gasteiger partial charge in [-0.15, -0.1) is 0 Å². The molecule has 108 valence electrons. The molecule has 0 bridgehead atoms. The first-order valence-electron chi connectivity index (χ1n) is 6.32. The number of hydrogen-bond donors (Lipinski definition) is 0. The van der Waals surface area contributed by atoms with E-state index in [0.717, 1.165) is 0 Å². The SMILES string of the molecule is C=C1C[C@](C)([N+](=O)[O-])[C@H](C)[C@H]1S(=O)(=O)c1ccccc1. The fraction of sp³-hybridized carbons (Fsp3) is 0.429. The van der Waals surface area contributed by atoms with E-state index >= 15 is 0 Å². The lowest BCUT2D eigenvalue weighted by Gasteiger charge is -2.23. The predicted octanol–water partition coefficient (Wildman–Crippen LogP) is 2.46. The summed E-state index contributed by atoms with van der Waals surface area (Å²) in [5.41, 5.74) is -0.857. The van der Waals surface area contributed by atoms with E-state index in [1.54, 1.807) is 25.1 Å². The lowest BCUT2D eigenvalue weighted by molar-refractivity contribution is -0.571. The molecule has 6 heteroatoms. The number of nitrogens with zero attached hydrogens (tertiary/aromatic N) is 1. The molecule has 0 N–H and O–H groups in total. The van der Waals surface area contributed by atoms with Crippen molar-refractivity contribution in [3.63, 3.8) is 0 Å². The van der Waals surface area contributed by atoms with Crippen molar-refractivity contribution in [3.8, 4) is 0 Å². The Balaban J connectivity index is 2.49. The number of sulfone groups is 1. The van der Waals surface area contributed by atoms with Crippen molar-refractivity contribution >= 4 is 9.84 Å². The maximum absolute atomic E-state index is 12.7. The molecular weight excluding hydrogens is 278 g/mol. The third-order valence-corrected chi connectivity index (χ3v) is 6.58. The van der Waals surface area contributed by atoms with Crippen LogP contribution in [0.2, 0.25) is 0 Å². The molecule has 0 radical (unpaired) electrons. The minimum Gasteiger partial charge on any atom is -0.264 e. The van der Waals surface area contributed by atoms with E-state index in [2.05, 4.69) is 6.58 Å². The standard InChI is InChI=1S/C14H17NO4S/c1-10-9-14(3,15(16)17)11(2)13(10)20(18,19)12-7-5-4-6-8-12/h4-8,11,13H,1,9H2,2-3H3/t11-,13+,14+/m1/s1. The number of hydrogen-bond acceptors (Lipinski definition) is 4. The molecule has 20 heavy (non-hydrogen) atoms. The molecule has 5 nitrogen and oxygen atoms in total. The monoisotopic (exact) mass is 295 g/mol. The molecule has 1 fully saturated rings. The zero-order valence-corrected chi connectivity index (χ0v) is 12.3. The van der Waals surface area contributed by atoms with Crippen LogP contribution in [0.3, 0.4) is 0 Å². The highest BCUT2D eigenvalue weighted by Crippen LogP contribution is 2.45. The van der Waals surface area contributed by atoms with E-state index in [0.29, 0.717) is 5.57 Å². The Labute approximate surface area is 118 Å². The fourth-order valence-electron chi connectivity index (χ4n) is 2.88. The van der Waals surface area contributed by atoms with Gasteiger partial charge in [0, 0.05) is 24.2 Å². The van der Waals surface area contributed by atoms with Crippen LogP contribution in [0.15, 0.2) is 47.4 Å². The molecular formula is C14H17NO4S. The molecule has 0 aromatic heterocycles. The number of nitro groups is 1. The summed E-state index contributed by atoms with van der Waals surface area (Å²) in [5, 5.41) is 10.4. The minimum atomic E-state index is -3.65. The molecule has 1 aliphatic rings. The average Bonchev–Trinajstić information content (AvgIpc) is 2.62. The van der Waals surface area contributed by atoms with Crippen LogP contribution in [0, 0.1) is 16.0 Å². The number of rotatable bonds is 3. The molecule has 1 aliphatic carbocycles. The van der Waals surface area contributed by atoms with Crippen LogP contribution in [0.25, 0.3) is 0 Å². The van der Waals surface area contributed by atoms with Gasteiger partial charge < -0.3 is 0 Å². The van der Waals surface area contributed by atoms with Crippen molar-refractivity contribution in [3.05, 3.63) is 52.6 Å². The van der Waals surface area contributed by atoms with E-state index in [-0.39, 0.29) is 16.2 Å². The summed E-state index contributed by atoms with van der Waals surface area (Å²) in [6.07, 6.45) is 0.0951. The van der Waals surface area contributed by atoms with Crippen LogP contribution in [-0.2, 0) is 9.84 Å². The third-order valence-electron chi connectivity index (χ3n) is 4.25. The van der Waals surface area contributed by atoms with Crippen LogP contribution in [0.4, 0.5) is 0 Å². The van der Waals surface area contributed by atoms with Gasteiger partial charge in [-0.25, -0.2) is 8.42 Å². The fourth-order valence-corrected chi connectivity index (χ4v) is 5.06. The molecule has 0 amide bonds. The van der Waals surface area contributed by atoms with Crippen molar-refractivity contribution in [2.24, 2.45) is 5.92 Å². The van der Waals surface area contributed by atoms with Gasteiger partial charge in [-0.3, -0.25) is 10.1 Å².